The molecule has 0 unspecified atom stereocenters. The minimum absolute atomic E-state index is 0.0328. The van der Waals surface area contributed by atoms with Crippen molar-refractivity contribution in [2.75, 3.05) is 13.2 Å². The summed E-state index contributed by atoms with van der Waals surface area (Å²) in [5.74, 6) is -0.400. The summed E-state index contributed by atoms with van der Waals surface area (Å²) in [4.78, 5) is 22.8. The number of rotatable bonds is 10. The lowest BCUT2D eigenvalue weighted by Gasteiger charge is -2.15. The van der Waals surface area contributed by atoms with Gasteiger partial charge in [-0.3, -0.25) is 14.9 Å². The van der Waals surface area contributed by atoms with E-state index in [0.717, 1.165) is 25.0 Å². The third-order valence-electron chi connectivity index (χ3n) is 5.55. The number of hydrogen-bond donors (Lipinski definition) is 2. The predicted molar refractivity (Wildman–Crippen MR) is 122 cm³/mol. The van der Waals surface area contributed by atoms with Gasteiger partial charge in [0, 0.05) is 43.9 Å². The Morgan fingerprint density at radius 2 is 2.18 bits per heavy atom. The van der Waals surface area contributed by atoms with Crippen LogP contribution in [0, 0.1) is 17.0 Å². The minimum Gasteiger partial charge on any atom is -0.438 e. The Bertz CT molecular complexity index is 1170. The molecular formula is C21H29N5O7S. The van der Waals surface area contributed by atoms with Gasteiger partial charge in [-0.1, -0.05) is 6.92 Å². The maximum atomic E-state index is 13.0. The first kappa shape index (κ1) is 25.6. The lowest BCUT2D eigenvalue weighted by molar-refractivity contribution is -0.385. The molecule has 1 fully saturated rings. The van der Waals surface area contributed by atoms with E-state index in [1.165, 1.54) is 10.7 Å². The van der Waals surface area contributed by atoms with E-state index in [9.17, 15) is 23.3 Å². The zero-order valence-electron chi connectivity index (χ0n) is 19.5. The van der Waals surface area contributed by atoms with Gasteiger partial charge in [0.2, 0.25) is 15.9 Å². The molecule has 13 heteroatoms. The Kier molecular flexibility index (Phi) is 7.89. The van der Waals surface area contributed by atoms with Crippen molar-refractivity contribution in [2.45, 2.75) is 57.1 Å². The Balaban J connectivity index is 1.91. The lowest BCUT2D eigenvalue weighted by atomic mass is 10.2. The van der Waals surface area contributed by atoms with Crippen LogP contribution in [-0.2, 0) is 21.8 Å². The molecule has 1 aliphatic heterocycles. The number of nitrogens with zero attached hydrogens (tertiary/aromatic N) is 3. The number of aromatic nitrogens is 2. The highest BCUT2D eigenvalue weighted by Gasteiger charge is 2.28. The van der Waals surface area contributed by atoms with Crippen LogP contribution < -0.4 is 14.8 Å². The van der Waals surface area contributed by atoms with Crippen molar-refractivity contribution in [1.82, 2.24) is 19.8 Å². The van der Waals surface area contributed by atoms with Crippen LogP contribution >= 0.6 is 0 Å². The molecule has 2 aromatic rings. The van der Waals surface area contributed by atoms with E-state index in [-0.39, 0.29) is 28.3 Å². The maximum absolute atomic E-state index is 13.0. The zero-order valence-corrected chi connectivity index (χ0v) is 20.3. The summed E-state index contributed by atoms with van der Waals surface area (Å²) in [7, 11) is -2.58. The number of carbonyl (C=O) groups excluding carboxylic acids is 1. The topological polar surface area (TPSA) is 155 Å². The van der Waals surface area contributed by atoms with Crippen molar-refractivity contribution < 1.29 is 27.6 Å². The van der Waals surface area contributed by atoms with E-state index < -0.39 is 32.6 Å². The van der Waals surface area contributed by atoms with E-state index in [1.54, 1.807) is 20.9 Å². The predicted octanol–water partition coefficient (Wildman–Crippen LogP) is 2.41. The Morgan fingerprint density at radius 3 is 2.79 bits per heavy atom. The third kappa shape index (κ3) is 5.72. The van der Waals surface area contributed by atoms with Gasteiger partial charge < -0.3 is 14.8 Å². The highest BCUT2D eigenvalue weighted by molar-refractivity contribution is 7.89. The fourth-order valence-corrected chi connectivity index (χ4v) is 4.96. The van der Waals surface area contributed by atoms with Gasteiger partial charge in [0.15, 0.2) is 5.69 Å². The molecule has 1 saturated heterocycles. The van der Waals surface area contributed by atoms with Gasteiger partial charge in [0.1, 0.15) is 10.6 Å². The first-order valence-electron chi connectivity index (χ1n) is 11.0. The molecule has 0 spiro atoms. The third-order valence-corrected chi connectivity index (χ3v) is 7.16. The molecule has 1 aromatic heterocycles. The smallest absolute Gasteiger partial charge is 0.272 e. The van der Waals surface area contributed by atoms with E-state index in [0.29, 0.717) is 25.1 Å². The normalized spacial score (nSPS) is 16.9. The Hall–Kier alpha value is -3.03. The standard InChI is InChI=1S/C21H29N5O7S/c1-5-13(2)24-34(30,31)18-11-15(26(28)29)8-9-17(18)33-21-14(3)19(23-25(21)4)20(27)22-12-16-7-6-10-32-16/h8-9,11,13,16,24H,5-7,10,12H2,1-4H3,(H,22,27)/t13-,16+/m0/s1. The molecule has 1 aliphatic rings. The van der Waals surface area contributed by atoms with Crippen LogP contribution in [0.25, 0.3) is 0 Å². The van der Waals surface area contributed by atoms with Crippen LogP contribution in [0.2, 0.25) is 0 Å². The molecule has 0 bridgehead atoms. The van der Waals surface area contributed by atoms with Crippen molar-refractivity contribution in [1.29, 1.82) is 0 Å². The number of amides is 1. The van der Waals surface area contributed by atoms with Crippen molar-refractivity contribution in [3.05, 3.63) is 39.6 Å². The molecule has 1 aromatic carbocycles. The first-order valence-corrected chi connectivity index (χ1v) is 12.4. The number of ether oxygens (including phenoxy) is 2. The summed E-state index contributed by atoms with van der Waals surface area (Å²) in [6.07, 6.45) is 2.32. The molecule has 186 valence electrons. The van der Waals surface area contributed by atoms with E-state index >= 15 is 0 Å². The van der Waals surface area contributed by atoms with Crippen molar-refractivity contribution in [3.8, 4) is 11.6 Å². The fourth-order valence-electron chi connectivity index (χ4n) is 3.49. The summed E-state index contributed by atoms with van der Waals surface area (Å²) < 4.78 is 41.1. The van der Waals surface area contributed by atoms with Crippen molar-refractivity contribution >= 4 is 21.6 Å². The Labute approximate surface area is 197 Å². The molecule has 3 rings (SSSR count). The Morgan fingerprint density at radius 1 is 1.44 bits per heavy atom. The number of hydrogen-bond acceptors (Lipinski definition) is 8. The lowest BCUT2D eigenvalue weighted by Crippen LogP contribution is -2.32. The van der Waals surface area contributed by atoms with Crippen LogP contribution in [0.15, 0.2) is 23.1 Å². The highest BCUT2D eigenvalue weighted by Crippen LogP contribution is 2.34. The molecule has 0 saturated carbocycles. The fraction of sp³-hybridized carbons (Fsp3) is 0.524. The zero-order chi connectivity index (χ0) is 25.0. The van der Waals surface area contributed by atoms with Gasteiger partial charge in [0.25, 0.3) is 11.6 Å². The minimum atomic E-state index is -4.13. The molecule has 12 nitrogen and oxygen atoms in total. The van der Waals surface area contributed by atoms with Gasteiger partial charge in [0.05, 0.1) is 11.0 Å². The maximum Gasteiger partial charge on any atom is 0.272 e. The van der Waals surface area contributed by atoms with Gasteiger partial charge >= 0.3 is 0 Å². The average molecular weight is 496 g/mol. The first-order chi connectivity index (χ1) is 16.0. The van der Waals surface area contributed by atoms with Crippen molar-refractivity contribution in [2.24, 2.45) is 7.05 Å². The van der Waals surface area contributed by atoms with Gasteiger partial charge in [-0.25, -0.2) is 17.8 Å². The summed E-state index contributed by atoms with van der Waals surface area (Å²) in [5, 5.41) is 18.3. The summed E-state index contributed by atoms with van der Waals surface area (Å²) in [5.41, 5.74) is 0.122. The van der Waals surface area contributed by atoms with E-state index in [1.807, 2.05) is 6.92 Å². The number of carbonyl (C=O) groups is 1. The number of sulfonamides is 1. The van der Waals surface area contributed by atoms with Crippen molar-refractivity contribution in [3.63, 3.8) is 0 Å². The summed E-state index contributed by atoms with van der Waals surface area (Å²) in [6, 6.07) is 2.92. The second-order valence-corrected chi connectivity index (χ2v) is 9.85. The molecule has 2 atom stereocenters. The quantitative estimate of drug-likeness (QED) is 0.376. The molecule has 1 amide bonds. The van der Waals surface area contributed by atoms with Crippen LogP contribution in [0.1, 0.15) is 49.2 Å². The van der Waals surface area contributed by atoms with Gasteiger partial charge in [-0.05, 0) is 39.2 Å². The van der Waals surface area contributed by atoms with E-state index in [2.05, 4.69) is 15.1 Å². The van der Waals surface area contributed by atoms with Crippen LogP contribution in [-0.4, -0.2) is 54.3 Å². The largest absolute Gasteiger partial charge is 0.438 e. The SMILES string of the molecule is CC[C@H](C)NS(=O)(=O)c1cc([N+](=O)[O-])ccc1Oc1c(C)c(C(=O)NC[C@H]2CCCO2)nn1C. The van der Waals surface area contributed by atoms with Crippen LogP contribution in [0.4, 0.5) is 5.69 Å². The molecule has 0 radical (unpaired) electrons. The summed E-state index contributed by atoms with van der Waals surface area (Å²) in [6.45, 7) is 6.15. The molecule has 2 N–H and O–H groups in total. The molecular weight excluding hydrogens is 466 g/mol. The van der Waals surface area contributed by atoms with Gasteiger partial charge in [-0.2, -0.15) is 5.10 Å². The average Bonchev–Trinajstić information content (AvgIpc) is 3.40. The van der Waals surface area contributed by atoms with E-state index in [4.69, 9.17) is 9.47 Å². The molecule has 2 heterocycles. The number of nitro groups is 1. The van der Waals surface area contributed by atoms with Crippen LogP contribution in [0.5, 0.6) is 11.6 Å². The molecule has 0 aliphatic carbocycles. The number of nitro benzene ring substituents is 1. The number of aryl methyl sites for hydroxylation is 1. The van der Waals surface area contributed by atoms with Gasteiger partial charge in [-0.15, -0.1) is 0 Å². The highest BCUT2D eigenvalue weighted by atomic mass is 32.2. The summed E-state index contributed by atoms with van der Waals surface area (Å²) >= 11 is 0. The van der Waals surface area contributed by atoms with Crippen LogP contribution in [0.3, 0.4) is 0 Å². The second-order valence-electron chi connectivity index (χ2n) is 8.17. The monoisotopic (exact) mass is 495 g/mol. The number of nitrogens with one attached hydrogen (secondary N) is 2. The number of non-ortho nitro benzene ring substituents is 1. The number of benzene rings is 1. The molecule has 34 heavy (non-hydrogen) atoms. The second kappa shape index (κ2) is 10.5.